The van der Waals surface area contributed by atoms with Gasteiger partial charge in [-0.05, 0) is 55.2 Å². The van der Waals surface area contributed by atoms with E-state index >= 15 is 0 Å². The van der Waals surface area contributed by atoms with Gasteiger partial charge in [-0.25, -0.2) is 4.79 Å². The van der Waals surface area contributed by atoms with Crippen molar-refractivity contribution < 1.29 is 14.3 Å². The highest BCUT2D eigenvalue weighted by Crippen LogP contribution is 2.11. The molecule has 0 aliphatic carbocycles. The van der Waals surface area contributed by atoms with Gasteiger partial charge in [-0.3, -0.25) is 4.79 Å². The van der Waals surface area contributed by atoms with Gasteiger partial charge in [0.15, 0.2) is 12.4 Å². The Hall–Kier alpha value is -2.42. The van der Waals surface area contributed by atoms with Crippen molar-refractivity contribution in [3.8, 4) is 0 Å². The Bertz CT molecular complexity index is 684. The number of esters is 1. The summed E-state index contributed by atoms with van der Waals surface area (Å²) >= 11 is 0. The molecule has 2 rings (SSSR count). The summed E-state index contributed by atoms with van der Waals surface area (Å²) < 4.78 is 5.10. The molecule has 114 valence electrons. The third-order valence-corrected chi connectivity index (χ3v) is 3.76. The van der Waals surface area contributed by atoms with Crippen molar-refractivity contribution in [1.29, 1.82) is 0 Å². The summed E-state index contributed by atoms with van der Waals surface area (Å²) in [5.74, 6) is -0.665. The maximum atomic E-state index is 12.1. The van der Waals surface area contributed by atoms with Gasteiger partial charge in [0.2, 0.25) is 0 Å². The van der Waals surface area contributed by atoms with Crippen molar-refractivity contribution >= 4 is 11.8 Å². The van der Waals surface area contributed by atoms with Gasteiger partial charge in [0.25, 0.3) is 0 Å². The van der Waals surface area contributed by atoms with E-state index in [9.17, 15) is 9.59 Å². The fourth-order valence-corrected chi connectivity index (χ4v) is 2.09. The van der Waals surface area contributed by atoms with E-state index in [4.69, 9.17) is 4.74 Å². The lowest BCUT2D eigenvalue weighted by Gasteiger charge is -2.07. The number of hydrogen-bond donors (Lipinski definition) is 0. The van der Waals surface area contributed by atoms with E-state index in [0.29, 0.717) is 11.1 Å². The molecule has 3 heteroatoms. The van der Waals surface area contributed by atoms with E-state index in [2.05, 4.69) is 6.92 Å². The maximum absolute atomic E-state index is 12.1. The predicted octanol–water partition coefficient (Wildman–Crippen LogP) is 3.91. The Morgan fingerprint density at radius 1 is 0.909 bits per heavy atom. The molecule has 0 aliphatic heterocycles. The first-order valence-corrected chi connectivity index (χ1v) is 7.37. The van der Waals surface area contributed by atoms with Crippen LogP contribution in [0, 0.1) is 13.8 Å². The van der Waals surface area contributed by atoms with Crippen LogP contribution in [0.3, 0.4) is 0 Å². The van der Waals surface area contributed by atoms with Crippen molar-refractivity contribution in [1.82, 2.24) is 0 Å². The second-order valence-corrected chi connectivity index (χ2v) is 5.35. The van der Waals surface area contributed by atoms with Crippen LogP contribution in [-0.2, 0) is 11.2 Å². The lowest BCUT2D eigenvalue weighted by molar-refractivity contribution is 0.0474. The van der Waals surface area contributed by atoms with Gasteiger partial charge in [0.05, 0.1) is 5.56 Å². The first-order valence-electron chi connectivity index (χ1n) is 7.37. The average molecular weight is 296 g/mol. The highest BCUT2D eigenvalue weighted by molar-refractivity contribution is 5.99. The molecule has 2 aromatic rings. The molecule has 0 fully saturated rings. The van der Waals surface area contributed by atoms with Crippen LogP contribution in [0.25, 0.3) is 0 Å². The lowest BCUT2D eigenvalue weighted by atomic mass is 10.0. The van der Waals surface area contributed by atoms with E-state index in [0.717, 1.165) is 23.1 Å². The topological polar surface area (TPSA) is 43.4 Å². The van der Waals surface area contributed by atoms with Gasteiger partial charge in [-0.15, -0.1) is 0 Å². The molecular weight excluding hydrogens is 276 g/mol. The number of ether oxygens (including phenoxy) is 1. The summed E-state index contributed by atoms with van der Waals surface area (Å²) in [5.41, 5.74) is 4.36. The third kappa shape index (κ3) is 3.82. The number of aryl methyl sites for hydroxylation is 3. The molecule has 3 nitrogen and oxygen atoms in total. The fraction of sp³-hybridized carbons (Fsp3) is 0.263. The van der Waals surface area contributed by atoms with Gasteiger partial charge in [-0.1, -0.05) is 31.2 Å². The second kappa shape index (κ2) is 7.03. The first kappa shape index (κ1) is 16.0. The molecule has 0 aliphatic rings. The molecular formula is C19H20O3. The summed E-state index contributed by atoms with van der Waals surface area (Å²) in [7, 11) is 0. The van der Waals surface area contributed by atoms with Crippen molar-refractivity contribution in [2.24, 2.45) is 0 Å². The maximum Gasteiger partial charge on any atom is 0.338 e. The largest absolute Gasteiger partial charge is 0.454 e. The Balaban J connectivity index is 1.97. The molecule has 0 spiro atoms. The zero-order valence-corrected chi connectivity index (χ0v) is 13.2. The molecule has 0 saturated heterocycles. The summed E-state index contributed by atoms with van der Waals surface area (Å²) in [4.78, 5) is 24.0. The van der Waals surface area contributed by atoms with Gasteiger partial charge < -0.3 is 4.74 Å². The van der Waals surface area contributed by atoms with Gasteiger partial charge in [0, 0.05) is 5.56 Å². The van der Waals surface area contributed by atoms with E-state index in [-0.39, 0.29) is 12.4 Å². The van der Waals surface area contributed by atoms with E-state index < -0.39 is 5.97 Å². The minimum Gasteiger partial charge on any atom is -0.454 e. The van der Waals surface area contributed by atoms with Crippen LogP contribution < -0.4 is 0 Å². The normalized spacial score (nSPS) is 10.3. The number of carbonyl (C=O) groups is 2. The Morgan fingerprint density at radius 3 is 2.14 bits per heavy atom. The van der Waals surface area contributed by atoms with Gasteiger partial charge >= 0.3 is 5.97 Å². The van der Waals surface area contributed by atoms with Crippen LogP contribution >= 0.6 is 0 Å². The van der Waals surface area contributed by atoms with Crippen molar-refractivity contribution in [3.63, 3.8) is 0 Å². The fourth-order valence-electron chi connectivity index (χ4n) is 2.09. The molecule has 22 heavy (non-hydrogen) atoms. The third-order valence-electron chi connectivity index (χ3n) is 3.76. The monoisotopic (exact) mass is 296 g/mol. The van der Waals surface area contributed by atoms with E-state index in [1.165, 1.54) is 0 Å². The Morgan fingerprint density at radius 2 is 1.55 bits per heavy atom. The number of carbonyl (C=O) groups excluding carboxylic acids is 2. The molecule has 0 aromatic heterocycles. The molecule has 2 aromatic carbocycles. The van der Waals surface area contributed by atoms with Crippen LogP contribution in [0.2, 0.25) is 0 Å². The van der Waals surface area contributed by atoms with Crippen molar-refractivity contribution in [2.75, 3.05) is 6.61 Å². The van der Waals surface area contributed by atoms with Crippen LogP contribution in [0.15, 0.2) is 42.5 Å². The molecule has 0 N–H and O–H groups in total. The number of hydrogen-bond acceptors (Lipinski definition) is 3. The van der Waals surface area contributed by atoms with Crippen molar-refractivity contribution in [3.05, 3.63) is 70.3 Å². The molecule has 0 unspecified atom stereocenters. The molecule has 0 saturated carbocycles. The van der Waals surface area contributed by atoms with Gasteiger partial charge in [-0.2, -0.15) is 0 Å². The first-order chi connectivity index (χ1) is 10.5. The smallest absolute Gasteiger partial charge is 0.338 e. The predicted molar refractivity (Wildman–Crippen MR) is 86.3 cm³/mol. The summed E-state index contributed by atoms with van der Waals surface area (Å²) in [6.07, 6.45) is 0.917. The van der Waals surface area contributed by atoms with Crippen LogP contribution in [0.1, 0.15) is 44.3 Å². The number of rotatable bonds is 5. The molecule has 0 amide bonds. The quantitative estimate of drug-likeness (QED) is 0.620. The van der Waals surface area contributed by atoms with E-state index in [1.54, 1.807) is 18.2 Å². The van der Waals surface area contributed by atoms with Crippen LogP contribution in [0.5, 0.6) is 0 Å². The minimum absolute atomic E-state index is 0.193. The van der Waals surface area contributed by atoms with E-state index in [1.807, 2.05) is 38.1 Å². The second-order valence-electron chi connectivity index (χ2n) is 5.35. The molecule has 0 bridgehead atoms. The van der Waals surface area contributed by atoms with Gasteiger partial charge in [0.1, 0.15) is 0 Å². The Labute approximate surface area is 130 Å². The summed E-state index contributed by atoms with van der Waals surface area (Å²) in [5, 5.41) is 0. The number of ketones is 1. The van der Waals surface area contributed by atoms with Crippen LogP contribution in [0.4, 0.5) is 0 Å². The van der Waals surface area contributed by atoms with Crippen molar-refractivity contribution in [2.45, 2.75) is 27.2 Å². The zero-order chi connectivity index (χ0) is 16.1. The zero-order valence-electron chi connectivity index (χ0n) is 13.2. The minimum atomic E-state index is -0.472. The SMILES string of the molecule is CCc1ccc(C(=O)OCC(=O)c2ccc(C)c(C)c2)cc1. The highest BCUT2D eigenvalue weighted by atomic mass is 16.5. The summed E-state index contributed by atoms with van der Waals surface area (Å²) in [6, 6.07) is 12.7. The summed E-state index contributed by atoms with van der Waals surface area (Å²) in [6.45, 7) is 5.75. The highest BCUT2D eigenvalue weighted by Gasteiger charge is 2.12. The van der Waals surface area contributed by atoms with Crippen LogP contribution in [-0.4, -0.2) is 18.4 Å². The number of Topliss-reactive ketones (excluding diaryl/α,β-unsaturated/α-hetero) is 1. The molecule has 0 radical (unpaired) electrons. The standard InChI is InChI=1S/C19H20O3/c1-4-15-6-9-16(10-7-15)19(21)22-12-18(20)17-8-5-13(2)14(3)11-17/h5-11H,4,12H2,1-3H3. The molecule has 0 atom stereocenters. The Kier molecular flexibility index (Phi) is 5.10. The number of benzene rings is 2. The molecule has 0 heterocycles. The lowest BCUT2D eigenvalue weighted by Crippen LogP contribution is -2.14. The average Bonchev–Trinajstić information content (AvgIpc) is 2.54.